The lowest BCUT2D eigenvalue weighted by Gasteiger charge is -2.39. The van der Waals surface area contributed by atoms with Gasteiger partial charge in [0.15, 0.2) is 0 Å². The molecule has 0 atom stereocenters. The number of rotatable bonds is 4. The van der Waals surface area contributed by atoms with E-state index < -0.39 is 5.82 Å². The maximum atomic E-state index is 13.4. The first-order valence-corrected chi connectivity index (χ1v) is 5.96. The fourth-order valence-electron chi connectivity index (χ4n) is 2.13. The van der Waals surface area contributed by atoms with E-state index in [0.29, 0.717) is 12.5 Å². The first-order chi connectivity index (χ1) is 8.22. The Morgan fingerprint density at radius 1 is 1.41 bits per heavy atom. The second-order valence-corrected chi connectivity index (χ2v) is 4.49. The minimum atomic E-state index is -0.442. The van der Waals surface area contributed by atoms with E-state index in [1.165, 1.54) is 12.1 Å². The molecule has 0 spiro atoms. The van der Waals surface area contributed by atoms with Gasteiger partial charge in [0.25, 0.3) is 5.91 Å². The lowest BCUT2D eigenvalue weighted by atomic mass is 9.94. The molecule has 0 aliphatic carbocycles. The molecule has 1 aliphatic rings. The second-order valence-electron chi connectivity index (χ2n) is 4.49. The summed E-state index contributed by atoms with van der Waals surface area (Å²) in [4.78, 5) is 13.6. The fraction of sp³-hybridized carbons (Fsp3) is 0.462. The number of nitrogens with zero attached hydrogens (tertiary/aromatic N) is 1. The summed E-state index contributed by atoms with van der Waals surface area (Å²) in [7, 11) is 0. The quantitative estimate of drug-likeness (QED) is 0.863. The minimum Gasteiger partial charge on any atom is -0.338 e. The third kappa shape index (κ3) is 2.64. The Morgan fingerprint density at radius 2 is 2.12 bits per heavy atom. The van der Waals surface area contributed by atoms with Crippen molar-refractivity contribution in [2.45, 2.75) is 12.8 Å². The fourth-order valence-corrected chi connectivity index (χ4v) is 2.13. The Balaban J connectivity index is 1.89. The van der Waals surface area contributed by atoms with Crippen LogP contribution in [0.15, 0.2) is 24.3 Å². The number of carbonyl (C=O) groups is 1. The predicted molar refractivity (Wildman–Crippen MR) is 64.1 cm³/mol. The number of amides is 1. The molecule has 1 aliphatic heterocycles. The summed E-state index contributed by atoms with van der Waals surface area (Å²) in [5, 5.41) is 0. The van der Waals surface area contributed by atoms with Crippen LogP contribution in [0.5, 0.6) is 0 Å². The van der Waals surface area contributed by atoms with Gasteiger partial charge in [0.2, 0.25) is 0 Å². The van der Waals surface area contributed by atoms with Gasteiger partial charge in [0, 0.05) is 13.1 Å². The van der Waals surface area contributed by atoms with Gasteiger partial charge in [-0.2, -0.15) is 0 Å². The number of benzene rings is 1. The highest BCUT2D eigenvalue weighted by Gasteiger charge is 2.31. The molecule has 0 unspecified atom stereocenters. The average molecular weight is 236 g/mol. The van der Waals surface area contributed by atoms with Crippen LogP contribution >= 0.6 is 0 Å². The molecule has 1 aromatic rings. The Bertz CT molecular complexity index is 402. The standard InChI is InChI=1S/C13H17FN2O/c14-12-6-2-1-5-11(12)13(17)16-8-10(9-16)4-3-7-15/h1-2,5-6,10H,3-4,7-9,15H2. The Morgan fingerprint density at radius 3 is 2.76 bits per heavy atom. The number of nitrogens with two attached hydrogens (primary N) is 1. The highest BCUT2D eigenvalue weighted by atomic mass is 19.1. The molecule has 2 rings (SSSR count). The number of likely N-dealkylation sites (tertiary alicyclic amines) is 1. The van der Waals surface area contributed by atoms with E-state index in [1.54, 1.807) is 17.0 Å². The Hall–Kier alpha value is -1.42. The number of hydrogen-bond acceptors (Lipinski definition) is 2. The van der Waals surface area contributed by atoms with E-state index in [-0.39, 0.29) is 11.5 Å². The molecule has 3 nitrogen and oxygen atoms in total. The van der Waals surface area contributed by atoms with Crippen molar-refractivity contribution in [3.63, 3.8) is 0 Å². The molecule has 92 valence electrons. The van der Waals surface area contributed by atoms with Crippen molar-refractivity contribution in [2.24, 2.45) is 11.7 Å². The molecule has 0 saturated carbocycles. The number of carbonyl (C=O) groups excluding carboxylic acids is 1. The van der Waals surface area contributed by atoms with E-state index >= 15 is 0 Å². The monoisotopic (exact) mass is 236 g/mol. The second kappa shape index (κ2) is 5.27. The van der Waals surface area contributed by atoms with Crippen LogP contribution in [-0.4, -0.2) is 30.4 Å². The zero-order valence-electron chi connectivity index (χ0n) is 9.73. The van der Waals surface area contributed by atoms with Gasteiger partial charge in [0.1, 0.15) is 5.82 Å². The van der Waals surface area contributed by atoms with Crippen molar-refractivity contribution < 1.29 is 9.18 Å². The molecule has 4 heteroatoms. The summed E-state index contributed by atoms with van der Waals surface area (Å²) in [6.45, 7) is 2.15. The van der Waals surface area contributed by atoms with E-state index in [4.69, 9.17) is 5.73 Å². The SMILES string of the molecule is NCCCC1CN(C(=O)c2ccccc2F)C1. The van der Waals surface area contributed by atoms with Crippen molar-refractivity contribution in [3.8, 4) is 0 Å². The van der Waals surface area contributed by atoms with Gasteiger partial charge in [-0.15, -0.1) is 0 Å². The van der Waals surface area contributed by atoms with E-state index in [0.717, 1.165) is 25.9 Å². The number of hydrogen-bond donors (Lipinski definition) is 1. The van der Waals surface area contributed by atoms with E-state index in [2.05, 4.69) is 0 Å². The van der Waals surface area contributed by atoms with Crippen molar-refractivity contribution in [1.29, 1.82) is 0 Å². The molecule has 17 heavy (non-hydrogen) atoms. The highest BCUT2D eigenvalue weighted by Crippen LogP contribution is 2.23. The molecule has 0 radical (unpaired) electrons. The molecule has 0 bridgehead atoms. The Labute approximate surface area is 100 Å². The third-order valence-electron chi connectivity index (χ3n) is 3.17. The zero-order valence-corrected chi connectivity index (χ0v) is 9.73. The average Bonchev–Trinajstić information content (AvgIpc) is 2.27. The normalized spacial score (nSPS) is 15.8. The molecule has 1 fully saturated rings. The third-order valence-corrected chi connectivity index (χ3v) is 3.17. The first kappa shape index (κ1) is 12.0. The minimum absolute atomic E-state index is 0.171. The highest BCUT2D eigenvalue weighted by molar-refractivity contribution is 5.94. The van der Waals surface area contributed by atoms with Gasteiger partial charge in [-0.1, -0.05) is 12.1 Å². The van der Waals surface area contributed by atoms with Crippen LogP contribution in [0.25, 0.3) is 0 Å². The van der Waals surface area contributed by atoms with Crippen LogP contribution in [0, 0.1) is 11.7 Å². The first-order valence-electron chi connectivity index (χ1n) is 5.96. The van der Waals surface area contributed by atoms with Crippen LogP contribution in [0.3, 0.4) is 0 Å². The summed E-state index contributed by atoms with van der Waals surface area (Å²) < 4.78 is 13.4. The van der Waals surface area contributed by atoms with Crippen molar-refractivity contribution in [1.82, 2.24) is 4.90 Å². The van der Waals surface area contributed by atoms with Gasteiger partial charge in [0.05, 0.1) is 5.56 Å². The van der Waals surface area contributed by atoms with Crippen LogP contribution in [0.2, 0.25) is 0 Å². The van der Waals surface area contributed by atoms with Crippen LogP contribution in [0.1, 0.15) is 23.2 Å². The molecule has 2 N–H and O–H groups in total. The maximum absolute atomic E-state index is 13.4. The van der Waals surface area contributed by atoms with Gasteiger partial charge in [-0.3, -0.25) is 4.79 Å². The van der Waals surface area contributed by atoms with Crippen molar-refractivity contribution >= 4 is 5.91 Å². The molecule has 1 saturated heterocycles. The Kier molecular flexibility index (Phi) is 3.74. The maximum Gasteiger partial charge on any atom is 0.256 e. The molecule has 1 aromatic carbocycles. The van der Waals surface area contributed by atoms with E-state index in [1.807, 2.05) is 0 Å². The molecular weight excluding hydrogens is 219 g/mol. The summed E-state index contributed by atoms with van der Waals surface area (Å²) >= 11 is 0. The van der Waals surface area contributed by atoms with Crippen LogP contribution in [0.4, 0.5) is 4.39 Å². The lowest BCUT2D eigenvalue weighted by Crippen LogP contribution is -2.50. The van der Waals surface area contributed by atoms with Gasteiger partial charge in [-0.05, 0) is 37.4 Å². The summed E-state index contributed by atoms with van der Waals surface area (Å²) in [6, 6.07) is 6.12. The predicted octanol–water partition coefficient (Wildman–Crippen LogP) is 1.64. The van der Waals surface area contributed by atoms with Gasteiger partial charge in [-0.25, -0.2) is 4.39 Å². The molecule has 1 amide bonds. The molecule has 0 aromatic heterocycles. The van der Waals surface area contributed by atoms with Crippen molar-refractivity contribution in [3.05, 3.63) is 35.6 Å². The topological polar surface area (TPSA) is 46.3 Å². The van der Waals surface area contributed by atoms with Crippen LogP contribution in [-0.2, 0) is 0 Å². The van der Waals surface area contributed by atoms with Crippen LogP contribution < -0.4 is 5.73 Å². The van der Waals surface area contributed by atoms with E-state index in [9.17, 15) is 9.18 Å². The largest absolute Gasteiger partial charge is 0.338 e. The summed E-state index contributed by atoms with van der Waals surface area (Å²) in [6.07, 6.45) is 2.05. The zero-order chi connectivity index (χ0) is 12.3. The van der Waals surface area contributed by atoms with Gasteiger partial charge >= 0.3 is 0 Å². The van der Waals surface area contributed by atoms with Gasteiger partial charge < -0.3 is 10.6 Å². The summed E-state index contributed by atoms with van der Waals surface area (Å²) in [5.74, 6) is -0.107. The lowest BCUT2D eigenvalue weighted by molar-refractivity contribution is 0.0478. The molecular formula is C13H17FN2O. The number of halogens is 1. The summed E-state index contributed by atoms with van der Waals surface area (Å²) in [5.41, 5.74) is 5.60. The van der Waals surface area contributed by atoms with Crippen molar-refractivity contribution in [2.75, 3.05) is 19.6 Å². The smallest absolute Gasteiger partial charge is 0.256 e. The molecule has 1 heterocycles.